The topological polar surface area (TPSA) is 66.3 Å². The van der Waals surface area contributed by atoms with E-state index in [9.17, 15) is 4.79 Å². The molecule has 1 amide bonds. The molecule has 134 valence electrons. The Morgan fingerprint density at radius 3 is 2.96 bits per heavy atom. The number of carbonyl (C=O) groups excluding carboxylic acids is 1. The molecule has 7 nitrogen and oxygen atoms in total. The highest BCUT2D eigenvalue weighted by molar-refractivity contribution is 7.98. The zero-order valence-corrected chi connectivity index (χ0v) is 15.3. The standard InChI is InChI=1S/C16H28N6OS/c1-24-13-14-3-2-6-21(11-14)16(23)15-12-22(19-18-15)10-9-20-7-4-17-5-8-20/h12,14,17H,2-11,13H2,1H3/t14-/m1/s1. The molecule has 1 aromatic rings. The Morgan fingerprint density at radius 2 is 2.17 bits per heavy atom. The van der Waals surface area contributed by atoms with E-state index < -0.39 is 0 Å². The molecule has 3 heterocycles. The number of piperazine rings is 1. The van der Waals surface area contributed by atoms with Gasteiger partial charge in [0, 0.05) is 45.8 Å². The summed E-state index contributed by atoms with van der Waals surface area (Å²) in [5, 5.41) is 11.6. The van der Waals surface area contributed by atoms with Crippen LogP contribution in [-0.4, -0.2) is 88.5 Å². The van der Waals surface area contributed by atoms with Gasteiger partial charge in [-0.2, -0.15) is 11.8 Å². The molecule has 3 rings (SSSR count). The van der Waals surface area contributed by atoms with Gasteiger partial charge in [-0.1, -0.05) is 5.21 Å². The summed E-state index contributed by atoms with van der Waals surface area (Å²) in [4.78, 5) is 17.0. The highest BCUT2D eigenvalue weighted by Gasteiger charge is 2.25. The number of nitrogens with zero attached hydrogens (tertiary/aromatic N) is 5. The lowest BCUT2D eigenvalue weighted by molar-refractivity contribution is 0.0679. The molecule has 0 bridgehead atoms. The van der Waals surface area contributed by atoms with E-state index in [1.165, 1.54) is 6.42 Å². The quantitative estimate of drug-likeness (QED) is 0.799. The second-order valence-electron chi connectivity index (χ2n) is 6.67. The van der Waals surface area contributed by atoms with Gasteiger partial charge in [-0.25, -0.2) is 0 Å². The summed E-state index contributed by atoms with van der Waals surface area (Å²) in [6, 6.07) is 0. The minimum absolute atomic E-state index is 0.0363. The Bertz CT molecular complexity index is 528. The summed E-state index contributed by atoms with van der Waals surface area (Å²) in [7, 11) is 0. The van der Waals surface area contributed by atoms with Crippen molar-refractivity contribution in [1.29, 1.82) is 0 Å². The monoisotopic (exact) mass is 352 g/mol. The number of piperidine rings is 1. The molecule has 0 saturated carbocycles. The van der Waals surface area contributed by atoms with Crippen LogP contribution in [0.5, 0.6) is 0 Å². The smallest absolute Gasteiger partial charge is 0.276 e. The summed E-state index contributed by atoms with van der Waals surface area (Å²) in [6.07, 6.45) is 6.25. The van der Waals surface area contributed by atoms with Crippen molar-refractivity contribution in [2.24, 2.45) is 5.92 Å². The van der Waals surface area contributed by atoms with Crippen molar-refractivity contribution in [2.75, 3.05) is 57.8 Å². The van der Waals surface area contributed by atoms with Gasteiger partial charge in [-0.15, -0.1) is 5.10 Å². The third kappa shape index (κ3) is 4.70. The average Bonchev–Trinajstić information content (AvgIpc) is 3.10. The Balaban J connectivity index is 1.51. The predicted octanol–water partition coefficient (Wildman–Crippen LogP) is 0.399. The first kappa shape index (κ1) is 17.7. The first-order chi connectivity index (χ1) is 11.8. The first-order valence-corrected chi connectivity index (χ1v) is 10.3. The minimum atomic E-state index is 0.0363. The number of amides is 1. The van der Waals surface area contributed by atoms with Crippen LogP contribution < -0.4 is 5.32 Å². The molecule has 1 N–H and O–H groups in total. The van der Waals surface area contributed by atoms with Gasteiger partial charge >= 0.3 is 0 Å². The maximum absolute atomic E-state index is 12.7. The normalized spacial score (nSPS) is 22.7. The molecular formula is C16H28N6OS. The average molecular weight is 353 g/mol. The van der Waals surface area contributed by atoms with Crippen LogP contribution in [0.25, 0.3) is 0 Å². The van der Waals surface area contributed by atoms with Crippen molar-refractivity contribution in [3.63, 3.8) is 0 Å². The third-order valence-corrected chi connectivity index (χ3v) is 5.63. The molecular weight excluding hydrogens is 324 g/mol. The number of thioether (sulfide) groups is 1. The lowest BCUT2D eigenvalue weighted by Gasteiger charge is -2.31. The van der Waals surface area contributed by atoms with Gasteiger partial charge in [-0.3, -0.25) is 14.4 Å². The molecule has 2 saturated heterocycles. The summed E-state index contributed by atoms with van der Waals surface area (Å²) < 4.78 is 1.80. The number of aromatic nitrogens is 3. The molecule has 2 fully saturated rings. The van der Waals surface area contributed by atoms with Gasteiger partial charge in [0.15, 0.2) is 5.69 Å². The van der Waals surface area contributed by atoms with Crippen LogP contribution in [-0.2, 0) is 6.54 Å². The van der Waals surface area contributed by atoms with Crippen molar-refractivity contribution in [2.45, 2.75) is 19.4 Å². The largest absolute Gasteiger partial charge is 0.337 e. The van der Waals surface area contributed by atoms with E-state index in [1.54, 1.807) is 4.68 Å². The van der Waals surface area contributed by atoms with E-state index >= 15 is 0 Å². The molecule has 2 aliphatic rings. The summed E-state index contributed by atoms with van der Waals surface area (Å²) >= 11 is 1.86. The molecule has 0 radical (unpaired) electrons. The fourth-order valence-electron chi connectivity index (χ4n) is 3.47. The molecule has 1 aromatic heterocycles. The zero-order chi connectivity index (χ0) is 16.8. The van der Waals surface area contributed by atoms with Crippen LogP contribution in [0.3, 0.4) is 0 Å². The van der Waals surface area contributed by atoms with Crippen LogP contribution >= 0.6 is 11.8 Å². The lowest BCUT2D eigenvalue weighted by Crippen LogP contribution is -2.44. The van der Waals surface area contributed by atoms with Crippen LogP contribution in [0, 0.1) is 5.92 Å². The van der Waals surface area contributed by atoms with E-state index in [4.69, 9.17) is 0 Å². The maximum atomic E-state index is 12.7. The summed E-state index contributed by atoms with van der Waals surface area (Å²) in [6.45, 7) is 7.69. The van der Waals surface area contributed by atoms with Crippen LogP contribution in [0.15, 0.2) is 6.20 Å². The highest BCUT2D eigenvalue weighted by atomic mass is 32.2. The van der Waals surface area contributed by atoms with Crippen molar-refractivity contribution in [3.05, 3.63) is 11.9 Å². The van der Waals surface area contributed by atoms with Gasteiger partial charge in [0.2, 0.25) is 0 Å². The number of likely N-dealkylation sites (tertiary alicyclic amines) is 1. The number of carbonyl (C=O) groups is 1. The summed E-state index contributed by atoms with van der Waals surface area (Å²) in [5.74, 6) is 1.77. The van der Waals surface area contributed by atoms with E-state index in [-0.39, 0.29) is 5.91 Å². The van der Waals surface area contributed by atoms with Crippen molar-refractivity contribution < 1.29 is 4.79 Å². The molecule has 2 aliphatic heterocycles. The second kappa shape index (κ2) is 8.82. The number of hydrogen-bond donors (Lipinski definition) is 1. The number of rotatable bonds is 6. The van der Waals surface area contributed by atoms with Crippen molar-refractivity contribution in [3.8, 4) is 0 Å². The van der Waals surface area contributed by atoms with Crippen LogP contribution in [0.2, 0.25) is 0 Å². The van der Waals surface area contributed by atoms with Crippen molar-refractivity contribution >= 4 is 17.7 Å². The molecule has 8 heteroatoms. The van der Waals surface area contributed by atoms with E-state index in [1.807, 2.05) is 22.9 Å². The molecule has 24 heavy (non-hydrogen) atoms. The minimum Gasteiger partial charge on any atom is -0.337 e. The highest BCUT2D eigenvalue weighted by Crippen LogP contribution is 2.20. The SMILES string of the molecule is CSC[C@@H]1CCCN(C(=O)c2cn(CCN3CCNCC3)nn2)C1. The maximum Gasteiger partial charge on any atom is 0.276 e. The molecule has 0 spiro atoms. The fraction of sp³-hybridized carbons (Fsp3) is 0.812. The second-order valence-corrected chi connectivity index (χ2v) is 7.58. The molecule has 0 aliphatic carbocycles. The van der Waals surface area contributed by atoms with Crippen molar-refractivity contribution in [1.82, 2.24) is 30.1 Å². The van der Waals surface area contributed by atoms with Crippen LogP contribution in [0.1, 0.15) is 23.3 Å². The Labute approximate surface area is 148 Å². The van der Waals surface area contributed by atoms with Gasteiger partial charge in [0.05, 0.1) is 12.7 Å². The number of hydrogen-bond acceptors (Lipinski definition) is 6. The first-order valence-electron chi connectivity index (χ1n) is 8.87. The Morgan fingerprint density at radius 1 is 1.33 bits per heavy atom. The lowest BCUT2D eigenvalue weighted by atomic mass is 10.00. The van der Waals surface area contributed by atoms with E-state index in [0.717, 1.165) is 64.5 Å². The zero-order valence-electron chi connectivity index (χ0n) is 14.5. The van der Waals surface area contributed by atoms with E-state index in [2.05, 4.69) is 26.8 Å². The van der Waals surface area contributed by atoms with Gasteiger partial charge < -0.3 is 10.2 Å². The predicted molar refractivity (Wildman–Crippen MR) is 96.3 cm³/mol. The molecule has 0 aromatic carbocycles. The molecule has 1 atom stereocenters. The van der Waals surface area contributed by atoms with Gasteiger partial charge in [0.1, 0.15) is 0 Å². The van der Waals surface area contributed by atoms with Gasteiger partial charge in [0.25, 0.3) is 5.91 Å². The molecule has 0 unspecified atom stereocenters. The summed E-state index contributed by atoms with van der Waals surface area (Å²) in [5.41, 5.74) is 0.486. The third-order valence-electron chi connectivity index (χ3n) is 4.82. The van der Waals surface area contributed by atoms with E-state index in [0.29, 0.717) is 11.6 Å². The number of nitrogens with one attached hydrogen (secondary N) is 1. The fourth-order valence-corrected chi connectivity index (χ4v) is 4.21. The Kier molecular flexibility index (Phi) is 6.51. The Hall–Kier alpha value is -1.12. The van der Waals surface area contributed by atoms with Gasteiger partial charge in [-0.05, 0) is 30.8 Å². The van der Waals surface area contributed by atoms with Crippen LogP contribution in [0.4, 0.5) is 0 Å².